The summed E-state index contributed by atoms with van der Waals surface area (Å²) in [5.41, 5.74) is 2.99. The molecule has 8 heteroatoms. The molecular weight excluding hydrogens is 510 g/mol. The predicted molar refractivity (Wildman–Crippen MR) is 153 cm³/mol. The fraction of sp³-hybridized carbons (Fsp3) is 0.438. The number of carbonyl (C=O) groups is 1. The van der Waals surface area contributed by atoms with Crippen LogP contribution in [0, 0.1) is 5.41 Å². The van der Waals surface area contributed by atoms with E-state index in [1.165, 1.54) is 6.07 Å². The van der Waals surface area contributed by atoms with Crippen molar-refractivity contribution >= 4 is 5.97 Å². The van der Waals surface area contributed by atoms with E-state index in [4.69, 9.17) is 23.7 Å². The third-order valence-electron chi connectivity index (χ3n) is 7.23. The molecule has 8 nitrogen and oxygen atoms in total. The van der Waals surface area contributed by atoms with Gasteiger partial charge in [0.05, 0.1) is 39.2 Å². The molecule has 4 rings (SSSR count). The molecule has 3 aromatic rings. The normalized spacial score (nSPS) is 14.3. The van der Waals surface area contributed by atoms with Crippen LogP contribution in [0.5, 0.6) is 11.5 Å². The first kappa shape index (κ1) is 29.4. The highest BCUT2D eigenvalue weighted by molar-refractivity contribution is 5.89. The predicted octanol–water partition coefficient (Wildman–Crippen LogP) is 5.46. The Morgan fingerprint density at radius 1 is 1.05 bits per heavy atom. The number of pyridine rings is 1. The largest absolute Gasteiger partial charge is 0.493 e. The lowest BCUT2D eigenvalue weighted by atomic mass is 9.77. The molecule has 0 fully saturated rings. The highest BCUT2D eigenvalue weighted by Crippen LogP contribution is 2.46. The van der Waals surface area contributed by atoms with Crippen LogP contribution in [0.25, 0.3) is 11.3 Å². The summed E-state index contributed by atoms with van der Waals surface area (Å²) in [7, 11) is 3.26. The van der Waals surface area contributed by atoms with E-state index < -0.39 is 5.97 Å². The van der Waals surface area contributed by atoms with E-state index in [2.05, 4.69) is 13.8 Å². The number of ether oxygens (including phenoxy) is 5. The highest BCUT2D eigenvalue weighted by Gasteiger charge is 2.37. The number of hydrogen-bond donors (Lipinski definition) is 0. The monoisotopic (exact) mass is 549 g/mol. The van der Waals surface area contributed by atoms with Crippen LogP contribution < -0.4 is 14.9 Å². The third-order valence-corrected chi connectivity index (χ3v) is 7.23. The number of nitrogens with zero attached hydrogens (tertiary/aromatic N) is 1. The lowest BCUT2D eigenvalue weighted by Crippen LogP contribution is -2.37. The average molecular weight is 550 g/mol. The number of esters is 1. The quantitative estimate of drug-likeness (QED) is 0.207. The topological polar surface area (TPSA) is 85.2 Å². The van der Waals surface area contributed by atoms with Crippen LogP contribution in [0.2, 0.25) is 0 Å². The van der Waals surface area contributed by atoms with Crippen molar-refractivity contribution in [3.63, 3.8) is 0 Å². The van der Waals surface area contributed by atoms with Crippen molar-refractivity contribution in [2.45, 2.75) is 46.3 Å². The second-order valence-electron chi connectivity index (χ2n) is 10.6. The van der Waals surface area contributed by atoms with Crippen molar-refractivity contribution < 1.29 is 28.5 Å². The number of carbonyl (C=O) groups excluding carboxylic acids is 1. The molecule has 1 atom stereocenters. The first-order chi connectivity index (χ1) is 19.3. The summed E-state index contributed by atoms with van der Waals surface area (Å²) < 4.78 is 30.3. The van der Waals surface area contributed by atoms with Gasteiger partial charge in [0.15, 0.2) is 16.9 Å². The maximum Gasteiger partial charge on any atom is 0.343 e. The summed E-state index contributed by atoms with van der Waals surface area (Å²) in [6, 6.07) is 15.4. The van der Waals surface area contributed by atoms with Gasteiger partial charge >= 0.3 is 5.97 Å². The van der Waals surface area contributed by atoms with Crippen molar-refractivity contribution in [3.8, 4) is 22.8 Å². The second kappa shape index (κ2) is 13.2. The van der Waals surface area contributed by atoms with E-state index in [-0.39, 0.29) is 29.1 Å². The average Bonchev–Trinajstić information content (AvgIpc) is 2.94. The van der Waals surface area contributed by atoms with Crippen LogP contribution in [0.15, 0.2) is 59.5 Å². The molecule has 1 aromatic heterocycles. The molecule has 0 amide bonds. The summed E-state index contributed by atoms with van der Waals surface area (Å²) in [4.78, 5) is 25.8. The Balaban J connectivity index is 1.73. The van der Waals surface area contributed by atoms with Crippen LogP contribution in [-0.4, -0.2) is 51.2 Å². The Morgan fingerprint density at radius 2 is 1.82 bits per heavy atom. The maximum absolute atomic E-state index is 13.1. The highest BCUT2D eigenvalue weighted by atomic mass is 16.5. The van der Waals surface area contributed by atoms with E-state index in [0.717, 1.165) is 23.1 Å². The van der Waals surface area contributed by atoms with Crippen LogP contribution in [0.4, 0.5) is 0 Å². The van der Waals surface area contributed by atoms with Crippen molar-refractivity contribution in [1.29, 1.82) is 0 Å². The van der Waals surface area contributed by atoms with Crippen molar-refractivity contribution in [1.82, 2.24) is 4.57 Å². The zero-order valence-corrected chi connectivity index (χ0v) is 24.0. The Labute approximate surface area is 235 Å². The van der Waals surface area contributed by atoms with Gasteiger partial charge in [0.25, 0.3) is 0 Å². The molecule has 1 aliphatic heterocycles. The number of aromatic nitrogens is 1. The summed E-state index contributed by atoms with van der Waals surface area (Å²) in [5.74, 6) is 0.601. The minimum Gasteiger partial charge on any atom is -0.493 e. The zero-order chi connectivity index (χ0) is 28.7. The second-order valence-corrected chi connectivity index (χ2v) is 10.6. The first-order valence-electron chi connectivity index (χ1n) is 13.7. The lowest BCUT2D eigenvalue weighted by Gasteiger charge is -2.41. The molecule has 0 aliphatic carbocycles. The fourth-order valence-electron chi connectivity index (χ4n) is 5.11. The van der Waals surface area contributed by atoms with Crippen LogP contribution in [0.1, 0.15) is 54.7 Å². The summed E-state index contributed by atoms with van der Waals surface area (Å²) in [6.45, 7) is 8.26. The Morgan fingerprint density at radius 3 is 2.52 bits per heavy atom. The van der Waals surface area contributed by atoms with Crippen LogP contribution >= 0.6 is 0 Å². The Bertz CT molecular complexity index is 1360. The standard InChI is InChI=1S/C32H39NO7/c1-6-39-31(35)25-19-33-26(18-27(25)34)24-17-28(37-5)29(40-14-10-13-36-4)15-23(24)16-30(33)32(2,3)21-38-20-22-11-8-7-9-12-22/h7-9,11-12,15,17-19,30H,6,10,13-14,16,20-21H2,1-5H3. The number of benzene rings is 2. The molecule has 0 N–H and O–H groups in total. The molecule has 0 radical (unpaired) electrons. The van der Waals surface area contributed by atoms with Crippen molar-refractivity contribution in [3.05, 3.63) is 81.6 Å². The first-order valence-corrected chi connectivity index (χ1v) is 13.7. The van der Waals surface area contributed by atoms with Gasteiger partial charge in [0.1, 0.15) is 5.56 Å². The van der Waals surface area contributed by atoms with Gasteiger partial charge in [-0.15, -0.1) is 0 Å². The molecule has 0 spiro atoms. The number of hydrogen-bond acceptors (Lipinski definition) is 7. The summed E-state index contributed by atoms with van der Waals surface area (Å²) >= 11 is 0. The third kappa shape index (κ3) is 6.57. The van der Waals surface area contributed by atoms with Gasteiger partial charge in [-0.05, 0) is 36.6 Å². The molecule has 0 bridgehead atoms. The number of methoxy groups -OCH3 is 2. The lowest BCUT2D eigenvalue weighted by molar-refractivity contribution is 0.0219. The smallest absolute Gasteiger partial charge is 0.343 e. The van der Waals surface area contributed by atoms with Crippen molar-refractivity contribution in [2.24, 2.45) is 5.41 Å². The Hall–Kier alpha value is -3.62. The molecule has 2 aromatic carbocycles. The van der Waals surface area contributed by atoms with E-state index in [0.29, 0.717) is 50.0 Å². The van der Waals surface area contributed by atoms with E-state index in [9.17, 15) is 9.59 Å². The van der Waals surface area contributed by atoms with Gasteiger partial charge in [-0.1, -0.05) is 44.2 Å². The van der Waals surface area contributed by atoms with Gasteiger partial charge in [-0.25, -0.2) is 4.79 Å². The molecule has 0 saturated carbocycles. The fourth-order valence-corrected chi connectivity index (χ4v) is 5.11. The molecule has 1 aliphatic rings. The Kier molecular flexibility index (Phi) is 9.66. The van der Waals surface area contributed by atoms with Gasteiger partial charge in [-0.3, -0.25) is 4.79 Å². The molecule has 2 heterocycles. The maximum atomic E-state index is 13.1. The molecule has 0 saturated heterocycles. The van der Waals surface area contributed by atoms with E-state index in [1.54, 1.807) is 27.3 Å². The molecule has 214 valence electrons. The van der Waals surface area contributed by atoms with E-state index in [1.807, 2.05) is 47.0 Å². The minimum absolute atomic E-state index is 0.0186. The van der Waals surface area contributed by atoms with E-state index >= 15 is 0 Å². The number of rotatable bonds is 13. The van der Waals surface area contributed by atoms with Crippen LogP contribution in [-0.2, 0) is 27.2 Å². The summed E-state index contributed by atoms with van der Waals surface area (Å²) in [6.07, 6.45) is 3.04. The molecule has 40 heavy (non-hydrogen) atoms. The van der Waals surface area contributed by atoms with Gasteiger partial charge in [0, 0.05) is 49.4 Å². The molecule has 1 unspecified atom stereocenters. The van der Waals surface area contributed by atoms with Crippen molar-refractivity contribution in [2.75, 3.05) is 40.6 Å². The van der Waals surface area contributed by atoms with Gasteiger partial charge in [0.2, 0.25) is 0 Å². The zero-order valence-electron chi connectivity index (χ0n) is 24.0. The molecular formula is C32H39NO7. The number of fused-ring (bicyclic) bond motifs is 3. The SMILES string of the molecule is CCOC(=O)c1cn2c(cc1=O)-c1cc(OC)c(OCCCOC)cc1CC2C(C)(C)COCc1ccccc1. The van der Waals surface area contributed by atoms with Gasteiger partial charge in [-0.2, -0.15) is 0 Å². The summed E-state index contributed by atoms with van der Waals surface area (Å²) in [5, 5.41) is 0. The van der Waals surface area contributed by atoms with Gasteiger partial charge < -0.3 is 28.3 Å². The minimum atomic E-state index is -0.622. The van der Waals surface area contributed by atoms with Crippen LogP contribution in [0.3, 0.4) is 0 Å².